The molecule has 0 unspecified atom stereocenters. The number of sulfone groups is 1. The van der Waals surface area contributed by atoms with E-state index in [0.29, 0.717) is 17.3 Å². The zero-order chi connectivity index (χ0) is 22.4. The van der Waals surface area contributed by atoms with E-state index in [1.807, 2.05) is 0 Å². The molecule has 1 aliphatic rings. The first-order valence-corrected chi connectivity index (χ1v) is 10.2. The zero-order valence-electron chi connectivity index (χ0n) is 16.1. The second-order valence-electron chi connectivity index (χ2n) is 6.39. The number of methoxy groups -OCH3 is 1. The number of carbonyl (C=O) groups is 1. The van der Waals surface area contributed by atoms with Crippen molar-refractivity contribution in [1.29, 1.82) is 0 Å². The van der Waals surface area contributed by atoms with Gasteiger partial charge in [-0.2, -0.15) is 13.2 Å². The van der Waals surface area contributed by atoms with Gasteiger partial charge in [-0.15, -0.1) is 0 Å². The van der Waals surface area contributed by atoms with Crippen molar-refractivity contribution in [1.82, 2.24) is 14.5 Å². The Bertz CT molecular complexity index is 1150. The van der Waals surface area contributed by atoms with Gasteiger partial charge in [-0.05, 0) is 12.1 Å². The predicted octanol–water partition coefficient (Wildman–Crippen LogP) is 2.06. The lowest BCUT2D eigenvalue weighted by atomic mass is 10.1. The minimum atomic E-state index is -4.79. The summed E-state index contributed by atoms with van der Waals surface area (Å²) in [4.78, 5) is 19.1. The third kappa shape index (κ3) is 3.65. The average molecular weight is 446 g/mol. The number of halogens is 3. The Morgan fingerprint density at radius 1 is 1.37 bits per heavy atom. The van der Waals surface area contributed by atoms with E-state index >= 15 is 0 Å². The number of carbonyl (C=O) groups excluding carboxylic acids is 1. The number of esters is 1. The van der Waals surface area contributed by atoms with Crippen molar-refractivity contribution in [3.05, 3.63) is 29.1 Å². The summed E-state index contributed by atoms with van der Waals surface area (Å²) in [6, 6.07) is 0.515. The van der Waals surface area contributed by atoms with E-state index in [4.69, 9.17) is 0 Å². The highest BCUT2D eigenvalue weighted by Crippen LogP contribution is 2.37. The van der Waals surface area contributed by atoms with Gasteiger partial charge in [0.1, 0.15) is 11.4 Å². The van der Waals surface area contributed by atoms with Crippen molar-refractivity contribution in [3.8, 4) is 11.5 Å². The molecule has 0 saturated carbocycles. The second-order valence-corrected chi connectivity index (χ2v) is 8.64. The molecule has 2 aromatic rings. The molecule has 3 heterocycles. The highest BCUT2D eigenvalue weighted by molar-refractivity contribution is 7.91. The number of pyridine rings is 1. The van der Waals surface area contributed by atoms with Gasteiger partial charge in [0.2, 0.25) is 0 Å². The van der Waals surface area contributed by atoms with Gasteiger partial charge in [0.25, 0.3) is 0 Å². The van der Waals surface area contributed by atoms with Crippen LogP contribution in [0, 0.1) is 0 Å². The highest BCUT2D eigenvalue weighted by atomic mass is 32.2. The minimum absolute atomic E-state index is 0.0823. The number of fused-ring (bicyclic) bond motifs is 1. The lowest BCUT2D eigenvalue weighted by Crippen LogP contribution is -2.29. The maximum atomic E-state index is 13.1. The fourth-order valence-electron chi connectivity index (χ4n) is 2.99. The first-order chi connectivity index (χ1) is 13.9. The number of rotatable bonds is 4. The third-order valence-corrected chi connectivity index (χ3v) is 6.26. The van der Waals surface area contributed by atoms with Crippen LogP contribution in [-0.4, -0.2) is 53.5 Å². The molecule has 0 spiro atoms. The van der Waals surface area contributed by atoms with Crippen molar-refractivity contribution < 1.29 is 36.3 Å². The molecular weight excluding hydrogens is 429 g/mol. The number of imidazole rings is 1. The number of alkyl halides is 3. The molecule has 0 radical (unpaired) electrons. The number of ether oxygens (including phenoxy) is 1. The van der Waals surface area contributed by atoms with Crippen molar-refractivity contribution in [3.63, 3.8) is 0 Å². The Kier molecular flexibility index (Phi) is 5.37. The second kappa shape index (κ2) is 7.40. The van der Waals surface area contributed by atoms with Crippen LogP contribution in [0.4, 0.5) is 19.0 Å². The molecule has 0 amide bonds. The summed E-state index contributed by atoms with van der Waals surface area (Å²) in [6.07, 6.45) is -2.93. The van der Waals surface area contributed by atoms with E-state index in [1.165, 1.54) is 24.6 Å². The number of hydroxylamine groups is 1. The predicted molar refractivity (Wildman–Crippen MR) is 98.3 cm³/mol. The molecule has 1 N–H and O–H groups in total. The monoisotopic (exact) mass is 446 g/mol. The van der Waals surface area contributed by atoms with E-state index < -0.39 is 38.2 Å². The van der Waals surface area contributed by atoms with Crippen molar-refractivity contribution in [2.24, 2.45) is 7.05 Å². The van der Waals surface area contributed by atoms with Crippen LogP contribution in [-0.2, 0) is 32.6 Å². The van der Waals surface area contributed by atoms with Crippen LogP contribution in [0.1, 0.15) is 18.2 Å². The average Bonchev–Trinajstić information content (AvgIpc) is 3.02. The SMILES string of the molecule is CCS(=O)(=O)c1cc(C(F)(F)F)cnc1-c1nc2c(n1C)N(O)CC(C(=O)OC)=C2. The Balaban J connectivity index is 2.26. The summed E-state index contributed by atoms with van der Waals surface area (Å²) in [5.74, 6) is -1.14. The number of anilines is 1. The fourth-order valence-corrected chi connectivity index (χ4v) is 4.04. The number of aromatic nitrogens is 3. The number of nitrogens with zero attached hydrogens (tertiary/aromatic N) is 4. The van der Waals surface area contributed by atoms with Crippen molar-refractivity contribution in [2.45, 2.75) is 18.0 Å². The van der Waals surface area contributed by atoms with Gasteiger partial charge in [0.15, 0.2) is 21.5 Å². The highest BCUT2D eigenvalue weighted by Gasteiger charge is 2.35. The Labute approximate surface area is 169 Å². The topological polar surface area (TPSA) is 115 Å². The molecule has 0 bridgehead atoms. The first-order valence-electron chi connectivity index (χ1n) is 8.53. The van der Waals surface area contributed by atoms with Crippen molar-refractivity contribution in [2.75, 3.05) is 24.5 Å². The molecule has 0 fully saturated rings. The largest absolute Gasteiger partial charge is 0.466 e. The normalized spacial score (nSPS) is 14.4. The Morgan fingerprint density at radius 2 is 2.03 bits per heavy atom. The summed E-state index contributed by atoms with van der Waals surface area (Å²) in [5, 5.41) is 11.0. The maximum Gasteiger partial charge on any atom is 0.417 e. The van der Waals surface area contributed by atoms with Gasteiger partial charge in [0, 0.05) is 13.2 Å². The van der Waals surface area contributed by atoms with Gasteiger partial charge < -0.3 is 9.30 Å². The van der Waals surface area contributed by atoms with Gasteiger partial charge in [-0.3, -0.25) is 10.2 Å². The van der Waals surface area contributed by atoms with E-state index in [0.717, 1.165) is 7.11 Å². The molecule has 13 heteroatoms. The lowest BCUT2D eigenvalue weighted by molar-refractivity contribution is -0.138. The molecular formula is C17H17F3N4O5S. The summed E-state index contributed by atoms with van der Waals surface area (Å²) < 4.78 is 70.2. The molecule has 1 aliphatic heterocycles. The molecule has 3 rings (SSSR count). The van der Waals surface area contributed by atoms with Gasteiger partial charge >= 0.3 is 12.1 Å². The molecule has 0 aliphatic carbocycles. The summed E-state index contributed by atoms with van der Waals surface area (Å²) in [5.41, 5.74) is -1.33. The van der Waals surface area contributed by atoms with Crippen molar-refractivity contribution >= 4 is 27.7 Å². The molecule has 9 nitrogen and oxygen atoms in total. The van der Waals surface area contributed by atoms with Crippen LogP contribution in [0.3, 0.4) is 0 Å². The molecule has 30 heavy (non-hydrogen) atoms. The van der Waals surface area contributed by atoms with E-state index in [9.17, 15) is 31.6 Å². The first kappa shape index (κ1) is 21.8. The quantitative estimate of drug-likeness (QED) is 0.710. The van der Waals surface area contributed by atoms with E-state index in [-0.39, 0.29) is 35.1 Å². The molecule has 162 valence electrons. The fraction of sp³-hybridized carbons (Fsp3) is 0.353. The third-order valence-electron chi connectivity index (χ3n) is 4.52. The maximum absolute atomic E-state index is 13.1. The summed E-state index contributed by atoms with van der Waals surface area (Å²) in [6.45, 7) is 1.07. The van der Waals surface area contributed by atoms with Gasteiger partial charge in [-0.25, -0.2) is 23.3 Å². The van der Waals surface area contributed by atoms with Crippen LogP contribution in [0.2, 0.25) is 0 Å². The Hall–Kier alpha value is -2.93. The van der Waals surface area contributed by atoms with E-state index in [1.54, 1.807) is 0 Å². The zero-order valence-corrected chi connectivity index (χ0v) is 16.9. The molecule has 0 saturated heterocycles. The standard InChI is InChI=1S/C17H17F3N4O5S/c1-4-30(27,28)12-6-10(17(18,19)20)7-21-13(12)14-22-11-5-9(16(25)29-3)8-24(26)15(11)23(14)2/h5-7,26H,4,8H2,1-3H3. The minimum Gasteiger partial charge on any atom is -0.466 e. The molecule has 2 aromatic heterocycles. The number of hydrogen-bond acceptors (Lipinski definition) is 8. The van der Waals surface area contributed by atoms with Crippen LogP contribution in [0.15, 0.2) is 22.7 Å². The lowest BCUT2D eigenvalue weighted by Gasteiger charge is -2.22. The van der Waals surface area contributed by atoms with E-state index in [2.05, 4.69) is 14.7 Å². The summed E-state index contributed by atoms with van der Waals surface area (Å²) in [7, 11) is -1.50. The van der Waals surface area contributed by atoms with Crippen LogP contribution < -0.4 is 5.06 Å². The summed E-state index contributed by atoms with van der Waals surface area (Å²) >= 11 is 0. The van der Waals surface area contributed by atoms with Crippen LogP contribution in [0.5, 0.6) is 0 Å². The van der Waals surface area contributed by atoms with Crippen LogP contribution in [0.25, 0.3) is 17.6 Å². The van der Waals surface area contributed by atoms with Gasteiger partial charge in [-0.1, -0.05) is 6.92 Å². The smallest absolute Gasteiger partial charge is 0.417 e. The van der Waals surface area contributed by atoms with Crippen LogP contribution >= 0.6 is 0 Å². The number of hydrogen-bond donors (Lipinski definition) is 1. The Morgan fingerprint density at radius 3 is 2.60 bits per heavy atom. The molecule has 0 atom stereocenters. The van der Waals surface area contributed by atoms with Gasteiger partial charge in [0.05, 0.1) is 35.4 Å². The molecule has 0 aromatic carbocycles.